The monoisotopic (exact) mass is 297 g/mol. The lowest BCUT2D eigenvalue weighted by Crippen LogP contribution is -2.46. The van der Waals surface area contributed by atoms with Gasteiger partial charge in [-0.05, 0) is 37.0 Å². The molecule has 1 fully saturated rings. The molecule has 20 heavy (non-hydrogen) atoms. The minimum Gasteiger partial charge on any atom is -0.496 e. The first-order valence-electron chi connectivity index (χ1n) is 6.18. The van der Waals surface area contributed by atoms with Crippen LogP contribution in [0.5, 0.6) is 5.75 Å². The van der Waals surface area contributed by atoms with Gasteiger partial charge in [0.05, 0.1) is 18.7 Å². The number of halogens is 1. The van der Waals surface area contributed by atoms with Crippen LogP contribution in [-0.4, -0.2) is 30.1 Å². The van der Waals surface area contributed by atoms with Crippen molar-refractivity contribution in [2.45, 2.75) is 18.9 Å². The van der Waals surface area contributed by atoms with Crippen LogP contribution in [0.1, 0.15) is 23.2 Å². The van der Waals surface area contributed by atoms with Gasteiger partial charge in [-0.25, -0.2) is 0 Å². The summed E-state index contributed by atoms with van der Waals surface area (Å²) in [6, 6.07) is 4.30. The highest BCUT2D eigenvalue weighted by Crippen LogP contribution is 2.33. The summed E-state index contributed by atoms with van der Waals surface area (Å²) in [6.45, 7) is 0. The molecule has 0 aliphatic heterocycles. The number of amides is 1. The second kappa shape index (κ2) is 6.00. The SMILES string of the molecule is COc1ccc(Cl)cc1C(=O)NC(C(N)=NO)C1CC1. The van der Waals surface area contributed by atoms with Crippen LogP contribution < -0.4 is 15.8 Å². The maximum Gasteiger partial charge on any atom is 0.255 e. The second-order valence-electron chi connectivity index (χ2n) is 4.66. The molecular weight excluding hydrogens is 282 g/mol. The number of nitrogens with two attached hydrogens (primary N) is 1. The summed E-state index contributed by atoms with van der Waals surface area (Å²) in [4.78, 5) is 12.3. The van der Waals surface area contributed by atoms with E-state index in [0.29, 0.717) is 16.3 Å². The fourth-order valence-corrected chi connectivity index (χ4v) is 2.17. The topological polar surface area (TPSA) is 96.9 Å². The Labute approximate surface area is 121 Å². The minimum atomic E-state index is -0.476. The Hall–Kier alpha value is -1.95. The van der Waals surface area contributed by atoms with Crippen molar-refractivity contribution in [2.75, 3.05) is 7.11 Å². The Bertz CT molecular complexity index is 544. The van der Waals surface area contributed by atoms with E-state index in [9.17, 15) is 4.79 Å². The van der Waals surface area contributed by atoms with Crippen LogP contribution in [-0.2, 0) is 0 Å². The van der Waals surface area contributed by atoms with Crippen molar-refractivity contribution < 1.29 is 14.7 Å². The van der Waals surface area contributed by atoms with Crippen molar-refractivity contribution in [1.82, 2.24) is 5.32 Å². The van der Waals surface area contributed by atoms with Gasteiger partial charge in [0.25, 0.3) is 5.91 Å². The molecule has 7 heteroatoms. The van der Waals surface area contributed by atoms with Gasteiger partial charge >= 0.3 is 0 Å². The quantitative estimate of drug-likeness (QED) is 0.333. The first kappa shape index (κ1) is 14.5. The zero-order chi connectivity index (χ0) is 14.7. The van der Waals surface area contributed by atoms with E-state index in [0.717, 1.165) is 12.8 Å². The number of methoxy groups -OCH3 is 1. The fourth-order valence-electron chi connectivity index (χ4n) is 2.00. The average Bonchev–Trinajstić information content (AvgIpc) is 3.28. The molecule has 1 amide bonds. The molecule has 108 valence electrons. The maximum absolute atomic E-state index is 12.3. The van der Waals surface area contributed by atoms with E-state index in [1.807, 2.05) is 0 Å². The lowest BCUT2D eigenvalue weighted by Gasteiger charge is -2.17. The molecule has 1 unspecified atom stereocenters. The van der Waals surface area contributed by atoms with E-state index in [4.69, 9.17) is 27.3 Å². The van der Waals surface area contributed by atoms with E-state index in [1.165, 1.54) is 13.2 Å². The Morgan fingerprint density at radius 2 is 2.30 bits per heavy atom. The third kappa shape index (κ3) is 3.14. The third-order valence-electron chi connectivity index (χ3n) is 3.22. The first-order valence-corrected chi connectivity index (χ1v) is 6.56. The highest BCUT2D eigenvalue weighted by Gasteiger charge is 2.35. The molecule has 0 radical (unpaired) electrons. The molecule has 4 N–H and O–H groups in total. The molecule has 0 spiro atoms. The van der Waals surface area contributed by atoms with E-state index in [1.54, 1.807) is 12.1 Å². The Morgan fingerprint density at radius 3 is 2.85 bits per heavy atom. The van der Waals surface area contributed by atoms with Gasteiger partial charge in [-0.3, -0.25) is 4.79 Å². The number of nitrogens with zero attached hydrogens (tertiary/aromatic N) is 1. The smallest absolute Gasteiger partial charge is 0.255 e. The fraction of sp³-hybridized carbons (Fsp3) is 0.385. The number of hydrogen-bond acceptors (Lipinski definition) is 4. The molecule has 0 heterocycles. The van der Waals surface area contributed by atoms with Crippen LogP contribution in [0.15, 0.2) is 23.4 Å². The van der Waals surface area contributed by atoms with E-state index in [2.05, 4.69) is 10.5 Å². The van der Waals surface area contributed by atoms with Crippen molar-refractivity contribution >= 4 is 23.3 Å². The molecule has 1 aromatic rings. The number of amidine groups is 1. The van der Waals surface area contributed by atoms with Gasteiger partial charge in [-0.15, -0.1) is 0 Å². The number of rotatable bonds is 5. The maximum atomic E-state index is 12.3. The van der Waals surface area contributed by atoms with Gasteiger partial charge in [0, 0.05) is 5.02 Å². The minimum absolute atomic E-state index is 0.00171. The predicted octanol–water partition coefficient (Wildman–Crippen LogP) is 1.60. The zero-order valence-electron chi connectivity index (χ0n) is 11.0. The molecule has 0 bridgehead atoms. The Balaban J connectivity index is 2.20. The highest BCUT2D eigenvalue weighted by atomic mass is 35.5. The van der Waals surface area contributed by atoms with E-state index < -0.39 is 6.04 Å². The average molecular weight is 298 g/mol. The summed E-state index contributed by atoms with van der Waals surface area (Å²) >= 11 is 5.90. The van der Waals surface area contributed by atoms with Crippen LogP contribution in [0, 0.1) is 5.92 Å². The Kier molecular flexibility index (Phi) is 4.34. The molecule has 0 aromatic heterocycles. The van der Waals surface area contributed by atoms with Crippen molar-refractivity contribution in [3.63, 3.8) is 0 Å². The standard InChI is InChI=1S/C13H16ClN3O3/c1-20-10-5-4-8(14)6-9(10)13(18)16-11(7-2-3-7)12(15)17-19/h4-7,11,19H,2-3H2,1H3,(H2,15,17)(H,16,18). The van der Waals surface area contributed by atoms with Crippen molar-refractivity contribution in [3.8, 4) is 5.75 Å². The summed E-state index contributed by atoms with van der Waals surface area (Å²) in [6.07, 6.45) is 1.88. The summed E-state index contributed by atoms with van der Waals surface area (Å²) in [5.41, 5.74) is 5.93. The normalized spacial score (nSPS) is 16.6. The molecular formula is C13H16ClN3O3. The van der Waals surface area contributed by atoms with E-state index >= 15 is 0 Å². The van der Waals surface area contributed by atoms with Crippen LogP contribution in [0.25, 0.3) is 0 Å². The van der Waals surface area contributed by atoms with Crippen molar-refractivity contribution in [3.05, 3.63) is 28.8 Å². The first-order chi connectivity index (χ1) is 9.56. The number of carbonyl (C=O) groups excluding carboxylic acids is 1. The number of carbonyl (C=O) groups is 1. The van der Waals surface area contributed by atoms with Gasteiger partial charge < -0.3 is 21.0 Å². The summed E-state index contributed by atoms with van der Waals surface area (Å²) in [5.74, 6) is 0.260. The van der Waals surface area contributed by atoms with Crippen LogP contribution in [0.4, 0.5) is 0 Å². The third-order valence-corrected chi connectivity index (χ3v) is 3.46. The molecule has 1 saturated carbocycles. The summed E-state index contributed by atoms with van der Waals surface area (Å²) in [5, 5.41) is 14.9. The number of hydrogen-bond donors (Lipinski definition) is 3. The molecule has 1 atom stereocenters. The number of ether oxygens (including phenoxy) is 1. The largest absolute Gasteiger partial charge is 0.496 e. The number of nitrogens with one attached hydrogen (secondary N) is 1. The molecule has 1 aromatic carbocycles. The van der Waals surface area contributed by atoms with Gasteiger partial charge in [-0.2, -0.15) is 0 Å². The summed E-state index contributed by atoms with van der Waals surface area (Å²) < 4.78 is 5.14. The van der Waals surface area contributed by atoms with E-state index in [-0.39, 0.29) is 17.7 Å². The lowest BCUT2D eigenvalue weighted by atomic mass is 10.1. The lowest BCUT2D eigenvalue weighted by molar-refractivity contribution is 0.0940. The molecule has 0 saturated heterocycles. The highest BCUT2D eigenvalue weighted by molar-refractivity contribution is 6.31. The van der Waals surface area contributed by atoms with Gasteiger partial charge in [0.1, 0.15) is 5.75 Å². The second-order valence-corrected chi connectivity index (χ2v) is 5.09. The molecule has 1 aliphatic rings. The van der Waals surface area contributed by atoms with Crippen LogP contribution in [0.2, 0.25) is 5.02 Å². The summed E-state index contributed by atoms with van der Waals surface area (Å²) in [7, 11) is 1.47. The van der Waals surface area contributed by atoms with Gasteiger partial charge in [0.15, 0.2) is 5.84 Å². The molecule has 1 aliphatic carbocycles. The Morgan fingerprint density at radius 1 is 1.60 bits per heavy atom. The van der Waals surface area contributed by atoms with Gasteiger partial charge in [-0.1, -0.05) is 16.8 Å². The van der Waals surface area contributed by atoms with Crippen molar-refractivity contribution in [2.24, 2.45) is 16.8 Å². The molecule has 6 nitrogen and oxygen atoms in total. The zero-order valence-corrected chi connectivity index (χ0v) is 11.7. The molecule has 2 rings (SSSR count). The van der Waals surface area contributed by atoms with Gasteiger partial charge in [0.2, 0.25) is 0 Å². The van der Waals surface area contributed by atoms with Crippen molar-refractivity contribution in [1.29, 1.82) is 0 Å². The predicted molar refractivity (Wildman–Crippen MR) is 75.4 cm³/mol. The van der Waals surface area contributed by atoms with Crippen LogP contribution in [0.3, 0.4) is 0 Å². The van der Waals surface area contributed by atoms with Crippen LogP contribution >= 0.6 is 11.6 Å². The number of oxime groups is 1. The number of benzene rings is 1.